The maximum absolute atomic E-state index is 12.8. The van der Waals surface area contributed by atoms with Crippen LogP contribution in [0, 0.1) is 5.92 Å². The number of rotatable bonds is 3. The van der Waals surface area contributed by atoms with Crippen LogP contribution in [0.25, 0.3) is 11.1 Å². The summed E-state index contributed by atoms with van der Waals surface area (Å²) in [5, 5.41) is 0.685. The number of nitrogen functional groups attached to an aromatic ring is 1. The molecule has 4 rings (SSSR count). The second-order valence-corrected chi connectivity index (χ2v) is 7.29. The molecule has 2 fully saturated rings. The molecule has 2 N–H and O–H groups in total. The number of nitrogens with zero attached hydrogens (tertiary/aromatic N) is 3. The fourth-order valence-corrected chi connectivity index (χ4v) is 3.85. The summed E-state index contributed by atoms with van der Waals surface area (Å²) in [6, 6.07) is 7.58. The largest absolute Gasteiger partial charge is 0.368 e. The molecular formula is C19H21ClN4O. The Morgan fingerprint density at radius 3 is 2.60 bits per heavy atom. The first kappa shape index (κ1) is 16.3. The van der Waals surface area contributed by atoms with Gasteiger partial charge in [-0.05, 0) is 43.4 Å². The van der Waals surface area contributed by atoms with E-state index in [-0.39, 0.29) is 23.8 Å². The zero-order valence-corrected chi connectivity index (χ0v) is 14.7. The number of carbonyl (C=O) groups is 1. The van der Waals surface area contributed by atoms with Crippen molar-refractivity contribution in [1.29, 1.82) is 0 Å². The minimum atomic E-state index is -0.0240. The first-order valence-corrected chi connectivity index (χ1v) is 9.20. The minimum Gasteiger partial charge on any atom is -0.368 e. The molecule has 25 heavy (non-hydrogen) atoms. The average Bonchev–Trinajstić information content (AvgIpc) is 3.03. The van der Waals surface area contributed by atoms with Gasteiger partial charge in [0.15, 0.2) is 0 Å². The Kier molecular flexibility index (Phi) is 4.34. The molecule has 0 spiro atoms. The summed E-state index contributed by atoms with van der Waals surface area (Å²) in [6.45, 7) is 0.796. The van der Waals surface area contributed by atoms with Crippen molar-refractivity contribution in [3.63, 3.8) is 0 Å². The summed E-state index contributed by atoms with van der Waals surface area (Å²) in [5.74, 6) is 0.711. The molecule has 2 aliphatic rings. The van der Waals surface area contributed by atoms with E-state index in [2.05, 4.69) is 9.97 Å². The number of halogens is 1. The molecule has 1 amide bonds. The normalized spacial score (nSPS) is 20.5. The van der Waals surface area contributed by atoms with Crippen molar-refractivity contribution in [2.24, 2.45) is 5.92 Å². The minimum absolute atomic E-state index is 0.0240. The molecular weight excluding hydrogens is 336 g/mol. The van der Waals surface area contributed by atoms with Crippen LogP contribution in [-0.4, -0.2) is 27.3 Å². The SMILES string of the molecule is Nc1ncc(-c2ccc(Cl)cc2)c(C2CCCN2C(=O)C2CCC2)n1. The lowest BCUT2D eigenvalue weighted by molar-refractivity contribution is -0.139. The predicted molar refractivity (Wildman–Crippen MR) is 97.9 cm³/mol. The predicted octanol–water partition coefficient (Wildman–Crippen LogP) is 3.84. The molecule has 1 saturated carbocycles. The maximum Gasteiger partial charge on any atom is 0.226 e. The van der Waals surface area contributed by atoms with Crippen LogP contribution in [0.1, 0.15) is 43.8 Å². The maximum atomic E-state index is 12.8. The molecule has 130 valence electrons. The van der Waals surface area contributed by atoms with Crippen molar-refractivity contribution in [2.45, 2.75) is 38.1 Å². The number of benzene rings is 1. The molecule has 0 bridgehead atoms. The highest BCUT2D eigenvalue weighted by Gasteiger charge is 2.37. The van der Waals surface area contributed by atoms with Crippen molar-refractivity contribution in [1.82, 2.24) is 14.9 Å². The molecule has 1 aliphatic heterocycles. The number of nitrogens with two attached hydrogens (primary N) is 1. The number of likely N-dealkylation sites (tertiary alicyclic amines) is 1. The molecule has 2 heterocycles. The smallest absolute Gasteiger partial charge is 0.226 e. The van der Waals surface area contributed by atoms with E-state index in [1.807, 2.05) is 29.2 Å². The van der Waals surface area contributed by atoms with Gasteiger partial charge in [-0.25, -0.2) is 9.97 Å². The van der Waals surface area contributed by atoms with Crippen molar-refractivity contribution < 1.29 is 4.79 Å². The molecule has 1 aliphatic carbocycles. The Bertz CT molecular complexity index is 789. The van der Waals surface area contributed by atoms with E-state index in [9.17, 15) is 4.79 Å². The summed E-state index contributed by atoms with van der Waals surface area (Å²) in [6.07, 6.45) is 6.84. The zero-order chi connectivity index (χ0) is 17.4. The average molecular weight is 357 g/mol. The van der Waals surface area contributed by atoms with Gasteiger partial charge in [-0.3, -0.25) is 4.79 Å². The van der Waals surface area contributed by atoms with Gasteiger partial charge in [0.05, 0.1) is 11.7 Å². The molecule has 1 unspecified atom stereocenters. The number of carbonyl (C=O) groups excluding carboxylic acids is 1. The molecule has 0 radical (unpaired) electrons. The van der Waals surface area contributed by atoms with Gasteiger partial charge in [0, 0.05) is 29.2 Å². The third-order valence-corrected chi connectivity index (χ3v) is 5.55. The summed E-state index contributed by atoms with van der Waals surface area (Å²) in [4.78, 5) is 23.5. The molecule has 1 saturated heterocycles. The number of hydrogen-bond donors (Lipinski definition) is 1. The second kappa shape index (κ2) is 6.64. The fourth-order valence-electron chi connectivity index (χ4n) is 3.72. The van der Waals surface area contributed by atoms with Gasteiger partial charge in [-0.1, -0.05) is 30.2 Å². The number of anilines is 1. The molecule has 1 aromatic carbocycles. The van der Waals surface area contributed by atoms with Gasteiger partial charge >= 0.3 is 0 Å². The molecule has 1 atom stereocenters. The Morgan fingerprint density at radius 1 is 1.16 bits per heavy atom. The van der Waals surface area contributed by atoms with E-state index in [0.717, 1.165) is 55.5 Å². The third-order valence-electron chi connectivity index (χ3n) is 5.30. The van der Waals surface area contributed by atoms with Crippen LogP contribution in [0.5, 0.6) is 0 Å². The highest BCUT2D eigenvalue weighted by molar-refractivity contribution is 6.30. The number of hydrogen-bond acceptors (Lipinski definition) is 4. The van der Waals surface area contributed by atoms with Crippen LogP contribution in [-0.2, 0) is 4.79 Å². The number of amides is 1. The van der Waals surface area contributed by atoms with Crippen molar-refractivity contribution in [2.75, 3.05) is 12.3 Å². The topological polar surface area (TPSA) is 72.1 Å². The highest BCUT2D eigenvalue weighted by atomic mass is 35.5. The van der Waals surface area contributed by atoms with Crippen LogP contribution >= 0.6 is 11.6 Å². The second-order valence-electron chi connectivity index (χ2n) is 6.85. The van der Waals surface area contributed by atoms with Gasteiger partial charge in [0.2, 0.25) is 11.9 Å². The van der Waals surface area contributed by atoms with Crippen LogP contribution in [0.3, 0.4) is 0 Å². The van der Waals surface area contributed by atoms with E-state index in [1.54, 1.807) is 6.20 Å². The van der Waals surface area contributed by atoms with Gasteiger partial charge < -0.3 is 10.6 Å². The summed E-state index contributed by atoms with van der Waals surface area (Å²) in [5.41, 5.74) is 8.63. The van der Waals surface area contributed by atoms with E-state index < -0.39 is 0 Å². The summed E-state index contributed by atoms with van der Waals surface area (Å²) >= 11 is 6.01. The number of aromatic nitrogens is 2. The van der Waals surface area contributed by atoms with Gasteiger partial charge in [-0.2, -0.15) is 0 Å². The highest BCUT2D eigenvalue weighted by Crippen LogP contribution is 2.39. The van der Waals surface area contributed by atoms with Crippen LogP contribution in [0.2, 0.25) is 5.02 Å². The van der Waals surface area contributed by atoms with E-state index >= 15 is 0 Å². The first-order valence-electron chi connectivity index (χ1n) is 8.82. The van der Waals surface area contributed by atoms with Gasteiger partial charge in [-0.15, -0.1) is 0 Å². The molecule has 6 heteroatoms. The Balaban J connectivity index is 1.72. The third kappa shape index (κ3) is 3.09. The molecule has 2 aromatic rings. The van der Waals surface area contributed by atoms with Crippen molar-refractivity contribution in [3.8, 4) is 11.1 Å². The Labute approximate surface area is 152 Å². The Hall–Kier alpha value is -2.14. The fraction of sp³-hybridized carbons (Fsp3) is 0.421. The van der Waals surface area contributed by atoms with E-state index in [1.165, 1.54) is 0 Å². The van der Waals surface area contributed by atoms with Crippen LogP contribution < -0.4 is 5.73 Å². The van der Waals surface area contributed by atoms with E-state index in [0.29, 0.717) is 5.02 Å². The first-order chi connectivity index (χ1) is 12.1. The van der Waals surface area contributed by atoms with Gasteiger partial charge in [0.1, 0.15) is 0 Å². The van der Waals surface area contributed by atoms with Crippen molar-refractivity contribution in [3.05, 3.63) is 41.2 Å². The Morgan fingerprint density at radius 2 is 1.92 bits per heavy atom. The molecule has 5 nitrogen and oxygen atoms in total. The summed E-state index contributed by atoms with van der Waals surface area (Å²) in [7, 11) is 0. The van der Waals surface area contributed by atoms with Crippen molar-refractivity contribution >= 4 is 23.5 Å². The van der Waals surface area contributed by atoms with Gasteiger partial charge in [0.25, 0.3) is 0 Å². The lowest BCUT2D eigenvalue weighted by Crippen LogP contribution is -2.38. The standard InChI is InChI=1S/C19H21ClN4O/c20-14-8-6-12(7-9-14)15-11-22-19(21)23-17(15)16-5-2-10-24(16)18(25)13-3-1-4-13/h6-9,11,13,16H,1-5,10H2,(H2,21,22,23). The lowest BCUT2D eigenvalue weighted by atomic mass is 9.84. The lowest BCUT2D eigenvalue weighted by Gasteiger charge is -2.33. The quantitative estimate of drug-likeness (QED) is 0.906. The summed E-state index contributed by atoms with van der Waals surface area (Å²) < 4.78 is 0. The zero-order valence-electron chi connectivity index (χ0n) is 14.0. The van der Waals surface area contributed by atoms with Crippen LogP contribution in [0.15, 0.2) is 30.5 Å². The van der Waals surface area contributed by atoms with Crippen LogP contribution in [0.4, 0.5) is 5.95 Å². The monoisotopic (exact) mass is 356 g/mol. The van der Waals surface area contributed by atoms with E-state index in [4.69, 9.17) is 17.3 Å². The molecule has 1 aromatic heterocycles.